The fourth-order valence-corrected chi connectivity index (χ4v) is 4.28. The van der Waals surface area contributed by atoms with E-state index in [4.69, 9.17) is 4.74 Å². The number of rotatable bonds is 6. The molecule has 21 heavy (non-hydrogen) atoms. The van der Waals surface area contributed by atoms with E-state index in [1.165, 1.54) is 7.11 Å². The first-order chi connectivity index (χ1) is 9.87. The van der Waals surface area contributed by atoms with Crippen molar-refractivity contribution in [2.75, 3.05) is 12.9 Å². The van der Waals surface area contributed by atoms with Gasteiger partial charge in [-0.1, -0.05) is 36.2 Å². The van der Waals surface area contributed by atoms with E-state index in [0.717, 1.165) is 17.5 Å². The maximum atomic E-state index is 12.2. The van der Waals surface area contributed by atoms with Gasteiger partial charge >= 0.3 is 5.97 Å². The minimum Gasteiger partial charge on any atom is -0.469 e. The molecule has 0 unspecified atom stereocenters. The monoisotopic (exact) mass is 311 g/mol. The number of sulfonamides is 1. The molecule has 0 radical (unpaired) electrons. The second kappa shape index (κ2) is 6.15. The molecule has 1 N–H and O–H groups in total. The van der Waals surface area contributed by atoms with E-state index in [2.05, 4.69) is 4.72 Å². The van der Waals surface area contributed by atoms with Gasteiger partial charge in [0, 0.05) is 6.54 Å². The second-order valence-corrected chi connectivity index (χ2v) is 7.50. The first-order valence-corrected chi connectivity index (χ1v) is 8.63. The molecule has 5 nitrogen and oxygen atoms in total. The van der Waals surface area contributed by atoms with Crippen LogP contribution in [0.3, 0.4) is 0 Å². The topological polar surface area (TPSA) is 72.5 Å². The first-order valence-electron chi connectivity index (χ1n) is 6.98. The van der Waals surface area contributed by atoms with Crippen LogP contribution in [0.5, 0.6) is 0 Å². The average Bonchev–Trinajstić information content (AvgIpc) is 2.40. The summed E-state index contributed by atoms with van der Waals surface area (Å²) in [5.41, 5.74) is 1.13. The van der Waals surface area contributed by atoms with Crippen molar-refractivity contribution in [1.29, 1.82) is 0 Å². The number of aryl methyl sites for hydroxylation is 1. The van der Waals surface area contributed by atoms with E-state index in [1.54, 1.807) is 0 Å². The Morgan fingerprint density at radius 1 is 1.38 bits per heavy atom. The largest absolute Gasteiger partial charge is 0.469 e. The summed E-state index contributed by atoms with van der Waals surface area (Å²) in [5, 5.41) is 0. The average molecular weight is 311 g/mol. The number of esters is 1. The van der Waals surface area contributed by atoms with Crippen LogP contribution in [0.4, 0.5) is 0 Å². The highest BCUT2D eigenvalue weighted by Crippen LogP contribution is 2.42. The maximum absolute atomic E-state index is 12.2. The van der Waals surface area contributed by atoms with E-state index in [9.17, 15) is 13.2 Å². The molecule has 0 bridgehead atoms. The molecule has 1 aromatic rings. The van der Waals surface area contributed by atoms with Crippen molar-refractivity contribution >= 4 is 16.0 Å². The van der Waals surface area contributed by atoms with Crippen molar-refractivity contribution in [3.05, 3.63) is 35.4 Å². The molecule has 116 valence electrons. The number of carbonyl (C=O) groups is 1. The smallest absolute Gasteiger partial charge is 0.312 e. The number of hydrogen-bond donors (Lipinski definition) is 1. The van der Waals surface area contributed by atoms with Crippen LogP contribution in [0, 0.1) is 12.3 Å². The lowest BCUT2D eigenvalue weighted by atomic mass is 9.70. The number of benzene rings is 1. The van der Waals surface area contributed by atoms with Crippen LogP contribution < -0.4 is 4.72 Å². The van der Waals surface area contributed by atoms with Crippen LogP contribution in [-0.2, 0) is 26.1 Å². The highest BCUT2D eigenvalue weighted by molar-refractivity contribution is 7.89. The van der Waals surface area contributed by atoms with Crippen LogP contribution in [-0.4, -0.2) is 27.2 Å². The fraction of sp³-hybridized carbons (Fsp3) is 0.533. The van der Waals surface area contributed by atoms with Crippen LogP contribution in [0.1, 0.15) is 30.4 Å². The molecule has 0 saturated heterocycles. The SMILES string of the molecule is COC(=O)C1(CS(=O)(=O)NCc2cccc(C)c2)CCC1. The van der Waals surface area contributed by atoms with Crippen LogP contribution >= 0.6 is 0 Å². The van der Waals surface area contributed by atoms with Gasteiger partial charge in [0.1, 0.15) is 0 Å². The quantitative estimate of drug-likeness (QED) is 0.813. The Hall–Kier alpha value is -1.40. The van der Waals surface area contributed by atoms with Gasteiger partial charge in [0.25, 0.3) is 0 Å². The van der Waals surface area contributed by atoms with Crippen LogP contribution in [0.2, 0.25) is 0 Å². The molecular weight excluding hydrogens is 290 g/mol. The molecule has 6 heteroatoms. The van der Waals surface area contributed by atoms with Crippen molar-refractivity contribution < 1.29 is 17.9 Å². The van der Waals surface area contributed by atoms with Gasteiger partial charge in [-0.3, -0.25) is 4.79 Å². The summed E-state index contributed by atoms with van der Waals surface area (Å²) >= 11 is 0. The Labute approximate surface area is 125 Å². The van der Waals surface area contributed by atoms with E-state index in [1.807, 2.05) is 31.2 Å². The molecule has 0 amide bonds. The Balaban J connectivity index is 2.00. The minimum atomic E-state index is -3.52. The summed E-state index contributed by atoms with van der Waals surface area (Å²) in [5.74, 6) is -0.618. The zero-order chi connectivity index (χ0) is 15.5. The minimum absolute atomic E-state index is 0.196. The number of carbonyl (C=O) groups excluding carboxylic acids is 1. The van der Waals surface area contributed by atoms with Gasteiger partial charge in [-0.2, -0.15) is 0 Å². The van der Waals surface area contributed by atoms with E-state index in [-0.39, 0.29) is 12.3 Å². The van der Waals surface area contributed by atoms with E-state index >= 15 is 0 Å². The highest BCUT2D eigenvalue weighted by Gasteiger charge is 2.48. The summed E-state index contributed by atoms with van der Waals surface area (Å²) < 4.78 is 31.7. The molecule has 1 aromatic carbocycles. The molecule has 0 aromatic heterocycles. The zero-order valence-corrected chi connectivity index (χ0v) is 13.2. The number of ether oxygens (including phenoxy) is 1. The first kappa shape index (κ1) is 16.0. The van der Waals surface area contributed by atoms with Crippen LogP contribution in [0.25, 0.3) is 0 Å². The van der Waals surface area contributed by atoms with Crippen molar-refractivity contribution in [2.24, 2.45) is 5.41 Å². The van der Waals surface area contributed by atoms with Crippen molar-refractivity contribution in [1.82, 2.24) is 4.72 Å². The summed E-state index contributed by atoms with van der Waals surface area (Å²) in [6.45, 7) is 2.19. The van der Waals surface area contributed by atoms with Gasteiger partial charge in [-0.25, -0.2) is 13.1 Å². The summed E-state index contributed by atoms with van der Waals surface area (Å²) in [7, 11) is -2.22. The van der Waals surface area contributed by atoms with Gasteiger partial charge < -0.3 is 4.74 Å². The molecule has 1 aliphatic carbocycles. The van der Waals surface area contributed by atoms with E-state index in [0.29, 0.717) is 12.8 Å². The lowest BCUT2D eigenvalue weighted by Crippen LogP contribution is -2.47. The van der Waals surface area contributed by atoms with Gasteiger partial charge in [0.2, 0.25) is 10.0 Å². The zero-order valence-electron chi connectivity index (χ0n) is 12.4. The second-order valence-electron chi connectivity index (χ2n) is 5.69. The normalized spacial score (nSPS) is 17.0. The Morgan fingerprint density at radius 3 is 2.62 bits per heavy atom. The predicted octanol–water partition coefficient (Wildman–Crippen LogP) is 1.76. The molecule has 2 rings (SSSR count). The summed E-state index contributed by atoms with van der Waals surface area (Å²) in [6.07, 6.45) is 2.01. The number of nitrogens with one attached hydrogen (secondary N) is 1. The van der Waals surface area contributed by atoms with Crippen molar-refractivity contribution in [3.63, 3.8) is 0 Å². The fourth-order valence-electron chi connectivity index (χ4n) is 2.66. The van der Waals surface area contributed by atoms with Crippen LogP contribution in [0.15, 0.2) is 24.3 Å². The van der Waals surface area contributed by atoms with Crippen molar-refractivity contribution in [3.8, 4) is 0 Å². The third-order valence-electron chi connectivity index (χ3n) is 3.97. The summed E-state index contributed by atoms with van der Waals surface area (Å²) in [6, 6.07) is 7.65. The summed E-state index contributed by atoms with van der Waals surface area (Å²) in [4.78, 5) is 11.8. The molecular formula is C15H21NO4S. The molecule has 0 spiro atoms. The van der Waals surface area contributed by atoms with Gasteiger partial charge in [-0.15, -0.1) is 0 Å². The molecule has 1 aliphatic rings. The Morgan fingerprint density at radius 2 is 2.10 bits per heavy atom. The van der Waals surface area contributed by atoms with Gasteiger partial charge in [0.05, 0.1) is 18.3 Å². The standard InChI is InChI=1S/C15H21NO4S/c1-12-5-3-6-13(9-12)10-16-21(18,19)11-15(7-4-8-15)14(17)20-2/h3,5-6,9,16H,4,7-8,10-11H2,1-2H3. The Kier molecular flexibility index (Phi) is 4.68. The van der Waals surface area contributed by atoms with Crippen molar-refractivity contribution in [2.45, 2.75) is 32.7 Å². The number of hydrogen-bond acceptors (Lipinski definition) is 4. The lowest BCUT2D eigenvalue weighted by molar-refractivity contribution is -0.156. The van der Waals surface area contributed by atoms with Gasteiger partial charge in [-0.05, 0) is 25.3 Å². The molecule has 1 saturated carbocycles. The Bertz CT molecular complexity index is 620. The molecule has 0 atom stereocenters. The molecule has 1 fully saturated rings. The molecule has 0 heterocycles. The third-order valence-corrected chi connectivity index (χ3v) is 5.49. The third kappa shape index (κ3) is 3.83. The highest BCUT2D eigenvalue weighted by atomic mass is 32.2. The molecule has 0 aliphatic heterocycles. The number of methoxy groups -OCH3 is 1. The van der Waals surface area contributed by atoms with Gasteiger partial charge in [0.15, 0.2) is 0 Å². The lowest BCUT2D eigenvalue weighted by Gasteiger charge is -2.38. The maximum Gasteiger partial charge on any atom is 0.312 e. The van der Waals surface area contributed by atoms with E-state index < -0.39 is 21.4 Å². The predicted molar refractivity (Wildman–Crippen MR) is 80.1 cm³/mol.